The Bertz CT molecular complexity index is 482. The first-order valence-electron chi connectivity index (χ1n) is 5.47. The Morgan fingerprint density at radius 2 is 2.35 bits per heavy atom. The van der Waals surface area contributed by atoms with Crippen LogP contribution in [0.15, 0.2) is 11.1 Å². The van der Waals surface area contributed by atoms with Crippen LogP contribution in [0.1, 0.15) is 19.3 Å². The maximum atomic E-state index is 11.4. The van der Waals surface area contributed by atoms with Gasteiger partial charge in [0, 0.05) is 19.0 Å². The van der Waals surface area contributed by atoms with Gasteiger partial charge in [-0.2, -0.15) is 0 Å². The number of nitrogens with zero attached hydrogens (tertiary/aromatic N) is 2. The van der Waals surface area contributed by atoms with Crippen molar-refractivity contribution in [2.75, 3.05) is 17.2 Å². The summed E-state index contributed by atoms with van der Waals surface area (Å²) in [6.45, 7) is 0.653. The largest absolute Gasteiger partial charge is 0.393 e. The van der Waals surface area contributed by atoms with E-state index in [-0.39, 0.29) is 11.2 Å². The van der Waals surface area contributed by atoms with Crippen molar-refractivity contribution in [3.8, 4) is 0 Å². The van der Waals surface area contributed by atoms with Crippen LogP contribution in [0.25, 0.3) is 0 Å². The van der Waals surface area contributed by atoms with Crippen molar-refractivity contribution in [1.29, 1.82) is 0 Å². The molecule has 2 rings (SSSR count). The highest BCUT2D eigenvalue weighted by Gasteiger charge is 2.31. The van der Waals surface area contributed by atoms with Gasteiger partial charge in [-0.3, -0.25) is 4.79 Å². The molecule has 7 heteroatoms. The summed E-state index contributed by atoms with van der Waals surface area (Å²) in [5.41, 5.74) is 11.1. The van der Waals surface area contributed by atoms with Crippen molar-refractivity contribution in [3.63, 3.8) is 0 Å². The lowest BCUT2D eigenvalue weighted by atomic mass is 10.3. The van der Waals surface area contributed by atoms with E-state index in [0.717, 1.165) is 12.8 Å². The monoisotopic (exact) mass is 253 g/mol. The molecule has 1 aliphatic rings. The summed E-state index contributed by atoms with van der Waals surface area (Å²) in [6, 6.07) is 0.404. The highest BCUT2D eigenvalue weighted by Crippen LogP contribution is 2.32. The third-order valence-electron chi connectivity index (χ3n) is 2.73. The Labute approximate surface area is 104 Å². The minimum absolute atomic E-state index is 0.155. The second kappa shape index (κ2) is 4.70. The Balaban J connectivity index is 2.23. The number of nitrogen functional groups attached to an aromatic ring is 1. The van der Waals surface area contributed by atoms with Crippen LogP contribution in [0.4, 0.5) is 11.5 Å². The van der Waals surface area contributed by atoms with Gasteiger partial charge in [-0.1, -0.05) is 12.2 Å². The second-order valence-corrected chi connectivity index (χ2v) is 4.63. The maximum Gasteiger partial charge on any atom is 0.276 e. The molecule has 0 radical (unpaired) electrons. The molecule has 5 N–H and O–H groups in total. The zero-order valence-corrected chi connectivity index (χ0v) is 10.2. The fourth-order valence-electron chi connectivity index (χ4n) is 1.71. The first kappa shape index (κ1) is 11.8. The number of thiocarbonyl (C=S) groups is 1. The van der Waals surface area contributed by atoms with Gasteiger partial charge < -0.3 is 21.4 Å². The summed E-state index contributed by atoms with van der Waals surface area (Å²) in [5.74, 6) is 0.535. The van der Waals surface area contributed by atoms with Gasteiger partial charge >= 0.3 is 0 Å². The van der Waals surface area contributed by atoms with Crippen LogP contribution in [0.3, 0.4) is 0 Å². The van der Waals surface area contributed by atoms with Crippen LogP contribution < -0.4 is 21.9 Å². The fraction of sp³-hybridized carbons (Fsp3) is 0.500. The Kier molecular flexibility index (Phi) is 3.28. The lowest BCUT2D eigenvalue weighted by molar-refractivity contribution is 0.783. The SMILES string of the molecule is NC(=S)CCN(c1nc[nH]c(=O)c1N)C1CC1. The maximum absolute atomic E-state index is 11.4. The molecule has 0 saturated heterocycles. The minimum atomic E-state index is -0.309. The molecule has 1 heterocycles. The molecule has 1 saturated carbocycles. The van der Waals surface area contributed by atoms with Gasteiger partial charge in [-0.05, 0) is 12.8 Å². The molecule has 6 nitrogen and oxygen atoms in total. The lowest BCUT2D eigenvalue weighted by Gasteiger charge is -2.23. The fourth-order valence-corrected chi connectivity index (χ4v) is 1.80. The molecule has 92 valence electrons. The van der Waals surface area contributed by atoms with Crippen LogP contribution in [0.2, 0.25) is 0 Å². The van der Waals surface area contributed by atoms with Crippen molar-refractivity contribution in [1.82, 2.24) is 9.97 Å². The highest BCUT2D eigenvalue weighted by molar-refractivity contribution is 7.80. The zero-order chi connectivity index (χ0) is 12.4. The summed E-state index contributed by atoms with van der Waals surface area (Å²) < 4.78 is 0. The number of aromatic nitrogens is 2. The minimum Gasteiger partial charge on any atom is -0.393 e. The van der Waals surface area contributed by atoms with Crippen LogP contribution in [-0.4, -0.2) is 27.5 Å². The molecule has 0 unspecified atom stereocenters. The normalized spacial score (nSPS) is 14.6. The summed E-state index contributed by atoms with van der Waals surface area (Å²) in [7, 11) is 0. The summed E-state index contributed by atoms with van der Waals surface area (Å²) in [6.07, 6.45) is 4.14. The number of aromatic amines is 1. The van der Waals surface area contributed by atoms with Gasteiger partial charge in [-0.25, -0.2) is 4.98 Å². The predicted molar refractivity (Wildman–Crippen MR) is 71.0 cm³/mol. The van der Waals surface area contributed by atoms with E-state index in [1.54, 1.807) is 0 Å². The second-order valence-electron chi connectivity index (χ2n) is 4.11. The zero-order valence-electron chi connectivity index (χ0n) is 9.35. The van der Waals surface area contributed by atoms with E-state index in [1.165, 1.54) is 6.33 Å². The van der Waals surface area contributed by atoms with Crippen molar-refractivity contribution < 1.29 is 0 Å². The molecule has 1 aromatic heterocycles. The van der Waals surface area contributed by atoms with Crippen LogP contribution in [0.5, 0.6) is 0 Å². The standard InChI is InChI=1S/C10H15N5OS/c11-7(17)3-4-15(6-1-2-6)9-8(12)10(16)14-5-13-9/h5-6H,1-4,12H2,(H2,11,17)(H,13,14,16). The predicted octanol–water partition coefficient (Wildman–Crippen LogP) is -0.00290. The highest BCUT2D eigenvalue weighted by atomic mass is 32.1. The van der Waals surface area contributed by atoms with Gasteiger partial charge in [0.1, 0.15) is 5.69 Å². The Morgan fingerprint density at radius 1 is 1.65 bits per heavy atom. The molecule has 0 aromatic carbocycles. The molecular weight excluding hydrogens is 238 g/mol. The molecule has 0 atom stereocenters. The molecule has 1 aliphatic carbocycles. The summed E-state index contributed by atoms with van der Waals surface area (Å²) in [4.78, 5) is 20.5. The molecule has 0 aliphatic heterocycles. The van der Waals surface area contributed by atoms with Gasteiger partial charge in [0.2, 0.25) is 0 Å². The number of hydrogen-bond donors (Lipinski definition) is 3. The smallest absolute Gasteiger partial charge is 0.276 e. The molecule has 1 aromatic rings. The molecule has 17 heavy (non-hydrogen) atoms. The van der Waals surface area contributed by atoms with E-state index in [2.05, 4.69) is 9.97 Å². The average Bonchev–Trinajstić information content (AvgIpc) is 3.08. The number of H-pyrrole nitrogens is 1. The van der Waals surface area contributed by atoms with Gasteiger partial charge in [-0.15, -0.1) is 0 Å². The lowest BCUT2D eigenvalue weighted by Crippen LogP contribution is -2.32. The molecule has 0 bridgehead atoms. The first-order chi connectivity index (χ1) is 8.09. The Morgan fingerprint density at radius 3 is 2.94 bits per heavy atom. The molecule has 1 fully saturated rings. The topological polar surface area (TPSA) is 101 Å². The van der Waals surface area contributed by atoms with Crippen LogP contribution in [-0.2, 0) is 0 Å². The van der Waals surface area contributed by atoms with Crippen molar-refractivity contribution in [2.24, 2.45) is 5.73 Å². The average molecular weight is 253 g/mol. The summed E-state index contributed by atoms with van der Waals surface area (Å²) >= 11 is 4.86. The van der Waals surface area contributed by atoms with Crippen molar-refractivity contribution >= 4 is 28.7 Å². The number of nitrogens with one attached hydrogen (secondary N) is 1. The van der Waals surface area contributed by atoms with Crippen LogP contribution >= 0.6 is 12.2 Å². The third kappa shape index (κ3) is 2.73. The molecule has 0 spiro atoms. The quantitative estimate of drug-likeness (QED) is 0.638. The number of nitrogens with two attached hydrogens (primary N) is 2. The van der Waals surface area contributed by atoms with E-state index in [1.807, 2.05) is 4.90 Å². The Hall–Kier alpha value is -1.63. The third-order valence-corrected chi connectivity index (χ3v) is 2.93. The van der Waals surface area contributed by atoms with Gasteiger partial charge in [0.05, 0.1) is 11.3 Å². The number of rotatable bonds is 5. The van der Waals surface area contributed by atoms with E-state index in [0.29, 0.717) is 29.8 Å². The van der Waals surface area contributed by atoms with Crippen molar-refractivity contribution in [2.45, 2.75) is 25.3 Å². The van der Waals surface area contributed by atoms with E-state index >= 15 is 0 Å². The summed E-state index contributed by atoms with van der Waals surface area (Å²) in [5, 5.41) is 0. The van der Waals surface area contributed by atoms with Crippen molar-refractivity contribution in [3.05, 3.63) is 16.7 Å². The van der Waals surface area contributed by atoms with Crippen LogP contribution in [0, 0.1) is 0 Å². The van der Waals surface area contributed by atoms with E-state index < -0.39 is 0 Å². The van der Waals surface area contributed by atoms with E-state index in [4.69, 9.17) is 23.7 Å². The molecule has 0 amide bonds. The number of hydrogen-bond acceptors (Lipinski definition) is 5. The van der Waals surface area contributed by atoms with Gasteiger partial charge in [0.25, 0.3) is 5.56 Å². The molecular formula is C10H15N5OS. The first-order valence-corrected chi connectivity index (χ1v) is 5.88. The van der Waals surface area contributed by atoms with E-state index in [9.17, 15) is 4.79 Å². The van der Waals surface area contributed by atoms with Gasteiger partial charge in [0.15, 0.2) is 5.82 Å². The number of anilines is 2.